The van der Waals surface area contributed by atoms with Crippen LogP contribution in [0.25, 0.3) is 0 Å². The van der Waals surface area contributed by atoms with Gasteiger partial charge in [-0.2, -0.15) is 0 Å². The quantitative estimate of drug-likeness (QED) is 0.403. The van der Waals surface area contributed by atoms with E-state index in [9.17, 15) is 9.59 Å². The number of hydrogen-bond donors (Lipinski definition) is 0. The largest absolute Gasteiger partial charge is 0.458 e. The van der Waals surface area contributed by atoms with Gasteiger partial charge in [-0.15, -0.1) is 0 Å². The van der Waals surface area contributed by atoms with Crippen LogP contribution in [0.4, 0.5) is 0 Å². The predicted octanol–water partition coefficient (Wildman–Crippen LogP) is 5.17. The highest BCUT2D eigenvalue weighted by Gasteiger charge is 2.46. The molecule has 0 amide bonds. The number of rotatable bonds is 3. The minimum atomic E-state index is -0.440. The van der Waals surface area contributed by atoms with Crippen molar-refractivity contribution in [2.45, 2.75) is 72.3 Å². The van der Waals surface area contributed by atoms with Crippen LogP contribution < -0.4 is 0 Å². The summed E-state index contributed by atoms with van der Waals surface area (Å²) < 4.78 is 5.59. The van der Waals surface area contributed by atoms with E-state index in [0.29, 0.717) is 23.8 Å². The summed E-state index contributed by atoms with van der Waals surface area (Å²) in [5, 5.41) is 0. The summed E-state index contributed by atoms with van der Waals surface area (Å²) in [4.78, 5) is 23.3. The molecule has 1 fully saturated rings. The molecule has 2 aliphatic carbocycles. The van der Waals surface area contributed by atoms with E-state index in [1.165, 1.54) is 18.1 Å². The monoisotopic (exact) mass is 344 g/mol. The van der Waals surface area contributed by atoms with E-state index in [1.54, 1.807) is 0 Å². The maximum Gasteiger partial charge on any atom is 0.303 e. The van der Waals surface area contributed by atoms with Crippen molar-refractivity contribution in [2.75, 3.05) is 0 Å². The van der Waals surface area contributed by atoms with E-state index < -0.39 is 6.10 Å². The zero-order valence-electron chi connectivity index (χ0n) is 16.1. The van der Waals surface area contributed by atoms with Crippen molar-refractivity contribution in [2.24, 2.45) is 17.3 Å². The fraction of sp³-hybridized carbons (Fsp3) is 0.636. The summed E-state index contributed by atoms with van der Waals surface area (Å²) in [7, 11) is 0. The van der Waals surface area contributed by atoms with Crippen molar-refractivity contribution in [1.82, 2.24) is 0 Å². The van der Waals surface area contributed by atoms with Crippen molar-refractivity contribution in [3.05, 3.63) is 35.5 Å². The van der Waals surface area contributed by atoms with Gasteiger partial charge in [0.2, 0.25) is 0 Å². The second-order valence-electron chi connectivity index (χ2n) is 8.20. The van der Waals surface area contributed by atoms with Gasteiger partial charge in [0.25, 0.3) is 0 Å². The molecule has 0 N–H and O–H groups in total. The summed E-state index contributed by atoms with van der Waals surface area (Å²) in [5.74, 6) is 0.650. The third kappa shape index (κ3) is 4.71. The van der Waals surface area contributed by atoms with E-state index in [0.717, 1.165) is 38.4 Å². The molecule has 4 atom stereocenters. The van der Waals surface area contributed by atoms with Crippen molar-refractivity contribution in [1.29, 1.82) is 0 Å². The maximum absolute atomic E-state index is 11.7. The summed E-state index contributed by atoms with van der Waals surface area (Å²) in [6, 6.07) is 0. The SMILES string of the molecule is C=C(C)C1CCC2(C)CC(OC(C)=O)C(C=O)=CCCC(C)=CCC12. The van der Waals surface area contributed by atoms with Gasteiger partial charge in [0.15, 0.2) is 0 Å². The topological polar surface area (TPSA) is 43.4 Å². The lowest BCUT2D eigenvalue weighted by molar-refractivity contribution is -0.146. The van der Waals surface area contributed by atoms with Gasteiger partial charge in [0.05, 0.1) is 0 Å². The molecule has 0 saturated heterocycles. The standard InChI is InChI=1S/C22H32O3/c1-15(2)19-11-12-22(5)13-21(25-17(4)24)18(14-23)8-6-7-16(3)9-10-20(19)22/h8-9,14,19-21H,1,6-7,10-13H2,2-5H3. The lowest BCUT2D eigenvalue weighted by atomic mass is 9.70. The molecule has 1 saturated carbocycles. The Balaban J connectivity index is 2.42. The fourth-order valence-electron chi connectivity index (χ4n) is 4.65. The van der Waals surface area contributed by atoms with Crippen LogP contribution in [0.15, 0.2) is 35.5 Å². The molecule has 0 radical (unpaired) electrons. The van der Waals surface area contributed by atoms with Gasteiger partial charge in [-0.1, -0.05) is 36.8 Å². The number of fused-ring (bicyclic) bond motifs is 1. The Morgan fingerprint density at radius 2 is 2.08 bits per heavy atom. The zero-order valence-corrected chi connectivity index (χ0v) is 16.1. The highest BCUT2D eigenvalue weighted by Crippen LogP contribution is 2.54. The molecule has 138 valence electrons. The average Bonchev–Trinajstić information content (AvgIpc) is 2.84. The molecule has 0 aromatic carbocycles. The lowest BCUT2D eigenvalue weighted by Crippen LogP contribution is -2.33. The van der Waals surface area contributed by atoms with E-state index >= 15 is 0 Å². The van der Waals surface area contributed by atoms with Crippen molar-refractivity contribution in [3.8, 4) is 0 Å². The number of allylic oxidation sites excluding steroid dienone is 4. The van der Waals surface area contributed by atoms with Crippen LogP contribution in [0.1, 0.15) is 66.2 Å². The lowest BCUT2D eigenvalue weighted by Gasteiger charge is -2.36. The predicted molar refractivity (Wildman–Crippen MR) is 101 cm³/mol. The Labute approximate surface area is 152 Å². The molecule has 0 aromatic rings. The average molecular weight is 344 g/mol. The first-order valence-electron chi connectivity index (χ1n) is 9.40. The number of ether oxygens (including phenoxy) is 1. The van der Waals surface area contributed by atoms with Crippen molar-refractivity contribution < 1.29 is 14.3 Å². The van der Waals surface area contributed by atoms with Crippen molar-refractivity contribution in [3.63, 3.8) is 0 Å². The van der Waals surface area contributed by atoms with Crippen LogP contribution in [0, 0.1) is 17.3 Å². The summed E-state index contributed by atoms with van der Waals surface area (Å²) in [5.41, 5.74) is 3.25. The third-order valence-corrected chi connectivity index (χ3v) is 6.15. The summed E-state index contributed by atoms with van der Waals surface area (Å²) in [6.07, 6.45) is 10.4. The highest BCUT2D eigenvalue weighted by atomic mass is 16.5. The molecule has 2 aliphatic rings. The van der Waals surface area contributed by atoms with E-state index in [4.69, 9.17) is 4.74 Å². The van der Waals surface area contributed by atoms with Gasteiger partial charge in [-0.25, -0.2) is 0 Å². The van der Waals surface area contributed by atoms with Gasteiger partial charge in [0, 0.05) is 12.5 Å². The zero-order chi connectivity index (χ0) is 18.6. The van der Waals surface area contributed by atoms with Crippen LogP contribution in [-0.2, 0) is 14.3 Å². The second kappa shape index (κ2) is 8.16. The fourth-order valence-corrected chi connectivity index (χ4v) is 4.65. The molecule has 3 heteroatoms. The molecule has 25 heavy (non-hydrogen) atoms. The molecular formula is C22H32O3. The van der Waals surface area contributed by atoms with E-state index in [2.05, 4.69) is 33.4 Å². The highest BCUT2D eigenvalue weighted by molar-refractivity contribution is 5.76. The van der Waals surface area contributed by atoms with Gasteiger partial charge >= 0.3 is 5.97 Å². The molecule has 0 aliphatic heterocycles. The molecule has 2 rings (SSSR count). The van der Waals surface area contributed by atoms with Gasteiger partial charge in [0.1, 0.15) is 12.4 Å². The van der Waals surface area contributed by atoms with Crippen LogP contribution >= 0.6 is 0 Å². The Kier molecular flexibility index (Phi) is 6.42. The van der Waals surface area contributed by atoms with Gasteiger partial charge in [-0.05, 0) is 69.6 Å². The Morgan fingerprint density at radius 1 is 1.36 bits per heavy atom. The Bertz CT molecular complexity index is 598. The molecule has 0 heterocycles. The number of carbonyl (C=O) groups is 2. The van der Waals surface area contributed by atoms with Gasteiger partial charge in [-0.3, -0.25) is 9.59 Å². The third-order valence-electron chi connectivity index (χ3n) is 6.15. The van der Waals surface area contributed by atoms with E-state index in [1.807, 2.05) is 6.08 Å². The van der Waals surface area contributed by atoms with Crippen LogP contribution in [0.3, 0.4) is 0 Å². The molecule has 0 aromatic heterocycles. The van der Waals surface area contributed by atoms with Crippen molar-refractivity contribution >= 4 is 12.3 Å². The van der Waals surface area contributed by atoms with Crippen LogP contribution in [-0.4, -0.2) is 18.4 Å². The summed E-state index contributed by atoms with van der Waals surface area (Å²) >= 11 is 0. The Hall–Kier alpha value is -1.64. The summed E-state index contributed by atoms with van der Waals surface area (Å²) in [6.45, 7) is 12.2. The van der Waals surface area contributed by atoms with Gasteiger partial charge < -0.3 is 4.74 Å². The number of aldehydes is 1. The minimum Gasteiger partial charge on any atom is -0.458 e. The molecule has 0 bridgehead atoms. The maximum atomic E-state index is 11.7. The molecular weight excluding hydrogens is 312 g/mol. The minimum absolute atomic E-state index is 0.0347. The first-order chi connectivity index (χ1) is 11.8. The number of esters is 1. The number of carbonyl (C=O) groups excluding carboxylic acids is 2. The first kappa shape index (κ1) is 19.7. The smallest absolute Gasteiger partial charge is 0.303 e. The van der Waals surface area contributed by atoms with Crippen LogP contribution in [0.2, 0.25) is 0 Å². The second-order valence-corrected chi connectivity index (χ2v) is 8.20. The number of hydrogen-bond acceptors (Lipinski definition) is 3. The molecule has 0 spiro atoms. The van der Waals surface area contributed by atoms with E-state index in [-0.39, 0.29) is 11.4 Å². The Morgan fingerprint density at radius 3 is 2.68 bits per heavy atom. The first-order valence-corrected chi connectivity index (χ1v) is 9.40. The molecule has 4 unspecified atom stereocenters. The van der Waals surface area contributed by atoms with Crippen LogP contribution in [0.5, 0.6) is 0 Å². The normalized spacial score (nSPS) is 33.4. The molecule has 3 nitrogen and oxygen atoms in total.